The zero-order chi connectivity index (χ0) is 21.2. The number of aromatic nitrogens is 4. The van der Waals surface area contributed by atoms with Crippen LogP contribution in [0.4, 0.5) is 0 Å². The summed E-state index contributed by atoms with van der Waals surface area (Å²) >= 11 is 0. The van der Waals surface area contributed by atoms with Crippen LogP contribution in [0.1, 0.15) is 33.5 Å². The molecule has 1 amide bonds. The van der Waals surface area contributed by atoms with E-state index in [4.69, 9.17) is 14.6 Å². The van der Waals surface area contributed by atoms with E-state index in [1.807, 2.05) is 23.6 Å². The number of carbonyl (C=O) groups excluding carboxylic acids is 1. The van der Waals surface area contributed by atoms with E-state index in [2.05, 4.69) is 14.9 Å². The van der Waals surface area contributed by atoms with Crippen molar-refractivity contribution in [2.45, 2.75) is 19.6 Å². The molecule has 1 atom stereocenters. The molecule has 31 heavy (non-hydrogen) atoms. The Morgan fingerprint density at radius 2 is 1.97 bits per heavy atom. The number of rotatable bonds is 4. The Hall–Kier alpha value is -2.88. The lowest BCUT2D eigenvalue weighted by atomic mass is 10.1. The lowest BCUT2D eigenvalue weighted by Gasteiger charge is -2.33. The molecule has 2 saturated heterocycles. The van der Waals surface area contributed by atoms with Gasteiger partial charge in [0.1, 0.15) is 11.8 Å². The molecule has 5 rings (SSSR count). The summed E-state index contributed by atoms with van der Waals surface area (Å²) in [5.41, 5.74) is 4.29. The standard InChI is InChI=1S/C22H26N6O3/c1-16-17(14-26-8-11-30-12-9-26)21-24-7-5-19(28(21)25-16)20-15-27(10-13-31-20)22(29)18-4-2-3-6-23-18/h2-7,20H,8-15H2,1H3/t20-/m1/s1. The van der Waals surface area contributed by atoms with Gasteiger partial charge in [-0.2, -0.15) is 5.10 Å². The fourth-order valence-electron chi connectivity index (χ4n) is 4.19. The third-order valence-electron chi connectivity index (χ3n) is 5.90. The molecule has 0 saturated carbocycles. The maximum atomic E-state index is 12.9. The van der Waals surface area contributed by atoms with Gasteiger partial charge in [-0.3, -0.25) is 14.7 Å². The highest BCUT2D eigenvalue weighted by Gasteiger charge is 2.29. The summed E-state index contributed by atoms with van der Waals surface area (Å²) in [4.78, 5) is 25.9. The van der Waals surface area contributed by atoms with Gasteiger partial charge in [0, 0.05) is 44.1 Å². The van der Waals surface area contributed by atoms with Crippen LogP contribution in [-0.4, -0.2) is 81.3 Å². The zero-order valence-electron chi connectivity index (χ0n) is 17.6. The number of hydrogen-bond acceptors (Lipinski definition) is 7. The number of hydrogen-bond donors (Lipinski definition) is 0. The highest BCUT2D eigenvalue weighted by atomic mass is 16.5. The highest BCUT2D eigenvalue weighted by Crippen LogP contribution is 2.26. The molecule has 2 aliphatic rings. The lowest BCUT2D eigenvalue weighted by molar-refractivity contribution is -0.0258. The van der Waals surface area contributed by atoms with Crippen molar-refractivity contribution in [2.75, 3.05) is 46.0 Å². The number of pyridine rings is 1. The fraction of sp³-hybridized carbons (Fsp3) is 0.455. The van der Waals surface area contributed by atoms with Crippen molar-refractivity contribution < 1.29 is 14.3 Å². The Bertz CT molecular complexity index is 1060. The topological polar surface area (TPSA) is 85.1 Å². The van der Waals surface area contributed by atoms with Crippen molar-refractivity contribution in [1.82, 2.24) is 29.4 Å². The molecule has 0 unspecified atom stereocenters. The number of nitrogens with zero attached hydrogens (tertiary/aromatic N) is 6. The van der Waals surface area contributed by atoms with Gasteiger partial charge in [0.2, 0.25) is 0 Å². The van der Waals surface area contributed by atoms with Gasteiger partial charge in [-0.1, -0.05) is 6.07 Å². The van der Waals surface area contributed by atoms with Gasteiger partial charge in [-0.05, 0) is 25.1 Å². The molecule has 3 aromatic rings. The van der Waals surface area contributed by atoms with Gasteiger partial charge < -0.3 is 14.4 Å². The van der Waals surface area contributed by atoms with E-state index in [0.29, 0.717) is 25.4 Å². The van der Waals surface area contributed by atoms with E-state index < -0.39 is 0 Å². The van der Waals surface area contributed by atoms with E-state index in [1.54, 1.807) is 29.4 Å². The van der Waals surface area contributed by atoms with Crippen molar-refractivity contribution in [3.8, 4) is 0 Å². The molecule has 0 N–H and O–H groups in total. The van der Waals surface area contributed by atoms with Gasteiger partial charge in [0.25, 0.3) is 5.91 Å². The second kappa shape index (κ2) is 8.70. The van der Waals surface area contributed by atoms with Crippen LogP contribution in [0.15, 0.2) is 36.7 Å². The van der Waals surface area contributed by atoms with E-state index >= 15 is 0 Å². The van der Waals surface area contributed by atoms with E-state index in [-0.39, 0.29) is 12.0 Å². The largest absolute Gasteiger partial charge is 0.379 e. The van der Waals surface area contributed by atoms with Crippen LogP contribution in [0.5, 0.6) is 0 Å². The molecule has 0 bridgehead atoms. The van der Waals surface area contributed by atoms with E-state index in [0.717, 1.165) is 55.4 Å². The first kappa shape index (κ1) is 20.0. The molecule has 9 heteroatoms. The third-order valence-corrected chi connectivity index (χ3v) is 5.90. The molecule has 5 heterocycles. The molecule has 2 fully saturated rings. The summed E-state index contributed by atoms with van der Waals surface area (Å²) in [6, 6.07) is 7.30. The summed E-state index contributed by atoms with van der Waals surface area (Å²) in [6.07, 6.45) is 3.17. The smallest absolute Gasteiger partial charge is 0.272 e. The molecular formula is C22H26N6O3. The molecule has 162 valence electrons. The molecule has 0 radical (unpaired) electrons. The van der Waals surface area contributed by atoms with E-state index in [1.165, 1.54) is 0 Å². The second-order valence-electron chi connectivity index (χ2n) is 7.88. The minimum absolute atomic E-state index is 0.0798. The Morgan fingerprint density at radius 3 is 2.77 bits per heavy atom. The highest BCUT2D eigenvalue weighted by molar-refractivity contribution is 5.92. The Morgan fingerprint density at radius 1 is 1.10 bits per heavy atom. The molecule has 3 aromatic heterocycles. The third kappa shape index (κ3) is 4.04. The van der Waals surface area contributed by atoms with Crippen molar-refractivity contribution in [3.63, 3.8) is 0 Å². The summed E-state index contributed by atoms with van der Waals surface area (Å²) in [5, 5.41) is 4.78. The van der Waals surface area contributed by atoms with Crippen LogP contribution in [0.3, 0.4) is 0 Å². The van der Waals surface area contributed by atoms with Crippen LogP contribution in [0.2, 0.25) is 0 Å². The summed E-state index contributed by atoms with van der Waals surface area (Å²) < 4.78 is 13.4. The average molecular weight is 422 g/mol. The molecule has 0 spiro atoms. The van der Waals surface area contributed by atoms with Gasteiger partial charge in [-0.15, -0.1) is 0 Å². The minimum atomic E-state index is -0.276. The normalized spacial score (nSPS) is 20.3. The zero-order valence-corrected chi connectivity index (χ0v) is 17.6. The van der Waals surface area contributed by atoms with Crippen LogP contribution in [-0.2, 0) is 16.0 Å². The summed E-state index contributed by atoms with van der Waals surface area (Å²) in [5.74, 6) is -0.0798. The van der Waals surface area contributed by atoms with Gasteiger partial charge in [0.15, 0.2) is 5.65 Å². The monoisotopic (exact) mass is 422 g/mol. The van der Waals surface area contributed by atoms with Crippen molar-refractivity contribution >= 4 is 11.6 Å². The number of morpholine rings is 2. The van der Waals surface area contributed by atoms with Gasteiger partial charge >= 0.3 is 0 Å². The van der Waals surface area contributed by atoms with Crippen molar-refractivity contribution in [3.05, 3.63) is 59.3 Å². The first-order chi connectivity index (χ1) is 15.2. The molecular weight excluding hydrogens is 396 g/mol. The van der Waals surface area contributed by atoms with Crippen molar-refractivity contribution in [2.24, 2.45) is 0 Å². The Kier molecular flexibility index (Phi) is 5.63. The predicted molar refractivity (Wildman–Crippen MR) is 113 cm³/mol. The SMILES string of the molecule is Cc1nn2c([C@H]3CN(C(=O)c4ccccn4)CCO3)ccnc2c1CN1CCOCC1. The van der Waals surface area contributed by atoms with E-state index in [9.17, 15) is 4.79 Å². The fourth-order valence-corrected chi connectivity index (χ4v) is 4.19. The molecule has 2 aliphatic heterocycles. The molecule has 0 aromatic carbocycles. The van der Waals surface area contributed by atoms with Crippen LogP contribution in [0.25, 0.3) is 5.65 Å². The Balaban J connectivity index is 1.40. The van der Waals surface area contributed by atoms with Crippen molar-refractivity contribution in [1.29, 1.82) is 0 Å². The minimum Gasteiger partial charge on any atom is -0.379 e. The maximum absolute atomic E-state index is 12.9. The number of ether oxygens (including phenoxy) is 2. The van der Waals surface area contributed by atoms with Crippen LogP contribution in [0, 0.1) is 6.92 Å². The average Bonchev–Trinajstić information content (AvgIpc) is 3.15. The number of aryl methyl sites for hydroxylation is 1. The number of amides is 1. The quantitative estimate of drug-likeness (QED) is 0.630. The number of carbonyl (C=O) groups is 1. The predicted octanol–water partition coefficient (Wildman–Crippen LogP) is 1.48. The summed E-state index contributed by atoms with van der Waals surface area (Å²) in [6.45, 7) is 7.61. The van der Waals surface area contributed by atoms with Gasteiger partial charge in [-0.25, -0.2) is 9.50 Å². The lowest BCUT2D eigenvalue weighted by Crippen LogP contribution is -2.43. The molecule has 9 nitrogen and oxygen atoms in total. The maximum Gasteiger partial charge on any atom is 0.272 e. The first-order valence-corrected chi connectivity index (χ1v) is 10.7. The summed E-state index contributed by atoms with van der Waals surface area (Å²) in [7, 11) is 0. The van der Waals surface area contributed by atoms with Crippen LogP contribution >= 0.6 is 0 Å². The van der Waals surface area contributed by atoms with Crippen LogP contribution < -0.4 is 0 Å². The number of fused-ring (bicyclic) bond motifs is 1. The second-order valence-corrected chi connectivity index (χ2v) is 7.88. The first-order valence-electron chi connectivity index (χ1n) is 10.7. The van der Waals surface area contributed by atoms with Gasteiger partial charge in [0.05, 0.1) is 37.8 Å². The Labute approximate surface area is 180 Å². The molecule has 0 aliphatic carbocycles.